The maximum Gasteiger partial charge on any atom is 0.166 e. The van der Waals surface area contributed by atoms with E-state index >= 15 is 0 Å². The van der Waals surface area contributed by atoms with Crippen LogP contribution in [0.3, 0.4) is 0 Å². The molecule has 0 aliphatic carbocycles. The second kappa shape index (κ2) is 6.29. The summed E-state index contributed by atoms with van der Waals surface area (Å²) >= 11 is 0. The Morgan fingerprint density at radius 1 is 1.26 bits per heavy atom. The van der Waals surface area contributed by atoms with Crippen LogP contribution in [0, 0.1) is 6.92 Å². The lowest BCUT2D eigenvalue weighted by Crippen LogP contribution is -2.15. The highest BCUT2D eigenvalue weighted by atomic mass is 16.5. The third kappa shape index (κ3) is 3.51. The highest BCUT2D eigenvalue weighted by molar-refractivity contribution is 5.22. The quantitative estimate of drug-likeness (QED) is 0.894. The van der Waals surface area contributed by atoms with Crippen molar-refractivity contribution in [3.63, 3.8) is 0 Å². The predicted octanol–water partition coefficient (Wildman–Crippen LogP) is 2.64. The third-order valence-corrected chi connectivity index (χ3v) is 3.08. The van der Waals surface area contributed by atoms with E-state index in [-0.39, 0.29) is 6.04 Å². The van der Waals surface area contributed by atoms with Crippen LogP contribution in [0.15, 0.2) is 36.5 Å². The van der Waals surface area contributed by atoms with Gasteiger partial charge in [0.2, 0.25) is 0 Å². The summed E-state index contributed by atoms with van der Waals surface area (Å²) in [6, 6.07) is 9.94. The molecule has 0 fully saturated rings. The normalized spacial score (nSPS) is 12.2. The van der Waals surface area contributed by atoms with Crippen molar-refractivity contribution in [1.82, 2.24) is 15.3 Å². The van der Waals surface area contributed by atoms with Crippen LogP contribution in [0.2, 0.25) is 0 Å². The molecular weight excluding hydrogens is 238 g/mol. The summed E-state index contributed by atoms with van der Waals surface area (Å²) in [7, 11) is 1.93. The van der Waals surface area contributed by atoms with Gasteiger partial charge in [-0.25, -0.2) is 9.97 Å². The first-order valence-electron chi connectivity index (χ1n) is 6.38. The SMILES string of the molecule is CNC(C)c1cnc(COc2ccccc2)nc1C. The Morgan fingerprint density at radius 2 is 2.00 bits per heavy atom. The zero-order valence-electron chi connectivity index (χ0n) is 11.6. The molecule has 1 atom stereocenters. The Hall–Kier alpha value is -1.94. The van der Waals surface area contributed by atoms with Gasteiger partial charge in [-0.2, -0.15) is 0 Å². The fourth-order valence-electron chi connectivity index (χ4n) is 1.84. The molecule has 1 unspecified atom stereocenters. The van der Waals surface area contributed by atoms with Gasteiger partial charge in [0.15, 0.2) is 5.82 Å². The van der Waals surface area contributed by atoms with Crippen molar-refractivity contribution in [2.75, 3.05) is 7.05 Å². The molecule has 4 nitrogen and oxygen atoms in total. The molecule has 19 heavy (non-hydrogen) atoms. The van der Waals surface area contributed by atoms with Crippen LogP contribution in [-0.4, -0.2) is 17.0 Å². The average molecular weight is 257 g/mol. The Labute approximate surface area is 113 Å². The van der Waals surface area contributed by atoms with Gasteiger partial charge in [-0.05, 0) is 33.0 Å². The largest absolute Gasteiger partial charge is 0.486 e. The molecule has 4 heteroatoms. The second-order valence-electron chi connectivity index (χ2n) is 4.44. The molecule has 1 aromatic carbocycles. The molecule has 0 bridgehead atoms. The predicted molar refractivity (Wildman–Crippen MR) is 75.0 cm³/mol. The van der Waals surface area contributed by atoms with Gasteiger partial charge < -0.3 is 10.1 Å². The molecule has 0 aliphatic heterocycles. The number of aryl methyl sites for hydroxylation is 1. The Morgan fingerprint density at radius 3 is 2.63 bits per heavy atom. The number of benzene rings is 1. The van der Waals surface area contributed by atoms with Crippen LogP contribution < -0.4 is 10.1 Å². The van der Waals surface area contributed by atoms with Crippen molar-refractivity contribution < 1.29 is 4.74 Å². The molecule has 0 amide bonds. The van der Waals surface area contributed by atoms with E-state index in [1.807, 2.05) is 50.5 Å². The van der Waals surface area contributed by atoms with Crippen LogP contribution >= 0.6 is 0 Å². The van der Waals surface area contributed by atoms with Crippen molar-refractivity contribution >= 4 is 0 Å². The lowest BCUT2D eigenvalue weighted by molar-refractivity contribution is 0.295. The van der Waals surface area contributed by atoms with Crippen LogP contribution in [-0.2, 0) is 6.61 Å². The molecule has 1 N–H and O–H groups in total. The minimum atomic E-state index is 0.254. The summed E-state index contributed by atoms with van der Waals surface area (Å²) in [5.41, 5.74) is 2.11. The van der Waals surface area contributed by atoms with E-state index in [1.165, 1.54) is 0 Å². The lowest BCUT2D eigenvalue weighted by Gasteiger charge is -2.13. The molecule has 1 aromatic heterocycles. The lowest BCUT2D eigenvalue weighted by atomic mass is 10.1. The van der Waals surface area contributed by atoms with E-state index in [2.05, 4.69) is 22.2 Å². The van der Waals surface area contributed by atoms with Crippen LogP contribution in [0.25, 0.3) is 0 Å². The summed E-state index contributed by atoms with van der Waals surface area (Å²) in [5.74, 6) is 1.53. The summed E-state index contributed by atoms with van der Waals surface area (Å²) in [5, 5.41) is 3.19. The van der Waals surface area contributed by atoms with Gasteiger partial charge in [0.25, 0.3) is 0 Å². The van der Waals surface area contributed by atoms with Crippen molar-refractivity contribution in [1.29, 1.82) is 0 Å². The number of hydrogen-bond acceptors (Lipinski definition) is 4. The number of para-hydroxylation sites is 1. The molecule has 0 aliphatic rings. The number of rotatable bonds is 5. The van der Waals surface area contributed by atoms with E-state index in [1.54, 1.807) is 0 Å². The summed E-state index contributed by atoms with van der Waals surface area (Å²) in [6.07, 6.45) is 1.87. The third-order valence-electron chi connectivity index (χ3n) is 3.08. The molecule has 0 radical (unpaired) electrons. The Bertz CT molecular complexity index is 528. The number of hydrogen-bond donors (Lipinski definition) is 1. The Kier molecular flexibility index (Phi) is 4.47. The first kappa shape index (κ1) is 13.5. The molecule has 0 spiro atoms. The number of aromatic nitrogens is 2. The van der Waals surface area contributed by atoms with Crippen LogP contribution in [0.4, 0.5) is 0 Å². The molecule has 2 aromatic rings. The summed E-state index contributed by atoms with van der Waals surface area (Å²) in [4.78, 5) is 8.83. The zero-order valence-corrected chi connectivity index (χ0v) is 11.6. The summed E-state index contributed by atoms with van der Waals surface area (Å²) in [6.45, 7) is 4.47. The fourth-order valence-corrected chi connectivity index (χ4v) is 1.84. The minimum Gasteiger partial charge on any atom is -0.486 e. The van der Waals surface area contributed by atoms with Gasteiger partial charge in [0, 0.05) is 23.5 Å². The van der Waals surface area contributed by atoms with Crippen LogP contribution in [0.1, 0.15) is 30.0 Å². The summed E-state index contributed by atoms with van der Waals surface area (Å²) < 4.78 is 5.63. The number of nitrogens with one attached hydrogen (secondary N) is 1. The van der Waals surface area contributed by atoms with E-state index in [9.17, 15) is 0 Å². The maximum absolute atomic E-state index is 5.63. The Balaban J connectivity index is 2.04. The number of nitrogens with zero attached hydrogens (tertiary/aromatic N) is 2. The molecule has 0 saturated carbocycles. The topological polar surface area (TPSA) is 47.0 Å². The fraction of sp³-hybridized carbons (Fsp3) is 0.333. The smallest absolute Gasteiger partial charge is 0.166 e. The second-order valence-corrected chi connectivity index (χ2v) is 4.44. The molecule has 1 heterocycles. The molecule has 100 valence electrons. The van der Waals surface area contributed by atoms with Gasteiger partial charge in [0.05, 0.1) is 0 Å². The highest BCUT2D eigenvalue weighted by Gasteiger charge is 2.09. The van der Waals surface area contributed by atoms with E-state index in [0.29, 0.717) is 12.4 Å². The highest BCUT2D eigenvalue weighted by Crippen LogP contribution is 2.15. The first-order valence-corrected chi connectivity index (χ1v) is 6.38. The van der Waals surface area contributed by atoms with Crippen molar-refractivity contribution in [2.24, 2.45) is 0 Å². The molecule has 0 saturated heterocycles. The maximum atomic E-state index is 5.63. The van der Waals surface area contributed by atoms with Crippen molar-refractivity contribution in [2.45, 2.75) is 26.5 Å². The van der Waals surface area contributed by atoms with Gasteiger partial charge in [-0.1, -0.05) is 18.2 Å². The van der Waals surface area contributed by atoms with E-state index in [0.717, 1.165) is 17.0 Å². The zero-order chi connectivity index (χ0) is 13.7. The van der Waals surface area contributed by atoms with Gasteiger partial charge in [-0.15, -0.1) is 0 Å². The number of ether oxygens (including phenoxy) is 1. The minimum absolute atomic E-state index is 0.254. The van der Waals surface area contributed by atoms with Gasteiger partial charge >= 0.3 is 0 Å². The van der Waals surface area contributed by atoms with E-state index in [4.69, 9.17) is 4.74 Å². The molecular formula is C15H19N3O. The van der Waals surface area contributed by atoms with E-state index < -0.39 is 0 Å². The van der Waals surface area contributed by atoms with Crippen LogP contribution in [0.5, 0.6) is 5.75 Å². The standard InChI is InChI=1S/C15H19N3O/c1-11(16-3)14-9-17-15(18-12(14)2)10-19-13-7-5-4-6-8-13/h4-9,11,16H,10H2,1-3H3. The first-order chi connectivity index (χ1) is 9.20. The monoisotopic (exact) mass is 257 g/mol. The van der Waals surface area contributed by atoms with Crippen molar-refractivity contribution in [3.05, 3.63) is 53.6 Å². The van der Waals surface area contributed by atoms with Gasteiger partial charge in [-0.3, -0.25) is 0 Å². The average Bonchev–Trinajstić information content (AvgIpc) is 2.45. The van der Waals surface area contributed by atoms with Gasteiger partial charge in [0.1, 0.15) is 12.4 Å². The molecule has 2 rings (SSSR count). The van der Waals surface area contributed by atoms with Crippen molar-refractivity contribution in [3.8, 4) is 5.75 Å².